The minimum Gasteiger partial charge on any atom is -0.385 e. The summed E-state index contributed by atoms with van der Waals surface area (Å²) >= 11 is 0. The van der Waals surface area contributed by atoms with Crippen LogP contribution in [0.1, 0.15) is 18.9 Å². The predicted octanol–water partition coefficient (Wildman–Crippen LogP) is 2.18. The van der Waals surface area contributed by atoms with Crippen LogP contribution in [-0.4, -0.2) is 44.2 Å². The molecule has 0 saturated carbocycles. The van der Waals surface area contributed by atoms with Crippen molar-refractivity contribution in [2.75, 3.05) is 43.4 Å². The van der Waals surface area contributed by atoms with Gasteiger partial charge >= 0.3 is 0 Å². The molecule has 1 aromatic rings. The Kier molecular flexibility index (Phi) is 3.16. The third-order valence-electron chi connectivity index (χ3n) is 4.36. The summed E-state index contributed by atoms with van der Waals surface area (Å²) in [6, 6.07) is 7.58. The summed E-state index contributed by atoms with van der Waals surface area (Å²) in [5.74, 6) is 0. The summed E-state index contributed by atoms with van der Waals surface area (Å²) in [4.78, 5) is 4.95. The minimum atomic E-state index is 0.641. The highest BCUT2D eigenvalue weighted by Gasteiger charge is 2.21. The molecule has 1 N–H and O–H groups in total. The van der Waals surface area contributed by atoms with Crippen LogP contribution in [0.4, 0.5) is 11.4 Å². The lowest BCUT2D eigenvalue weighted by Gasteiger charge is -2.39. The van der Waals surface area contributed by atoms with Gasteiger partial charge in [-0.25, -0.2) is 0 Å². The molecule has 3 nitrogen and oxygen atoms in total. The molecule has 3 heteroatoms. The summed E-state index contributed by atoms with van der Waals surface area (Å²) in [5.41, 5.74) is 4.21. The van der Waals surface area contributed by atoms with E-state index in [0.29, 0.717) is 6.04 Å². The Morgan fingerprint density at radius 2 is 2.17 bits per heavy atom. The zero-order chi connectivity index (χ0) is 12.5. The zero-order valence-electron chi connectivity index (χ0n) is 11.4. The van der Waals surface area contributed by atoms with Crippen molar-refractivity contribution in [3.05, 3.63) is 23.8 Å². The molecule has 0 aromatic heterocycles. The molecule has 1 atom stereocenters. The molecule has 0 bridgehead atoms. The second-order valence-electron chi connectivity index (χ2n) is 5.65. The molecule has 2 aliphatic rings. The molecule has 2 aliphatic heterocycles. The van der Waals surface area contributed by atoms with Gasteiger partial charge in [-0.3, -0.25) is 0 Å². The summed E-state index contributed by atoms with van der Waals surface area (Å²) < 4.78 is 0. The first kappa shape index (κ1) is 11.8. The summed E-state index contributed by atoms with van der Waals surface area (Å²) in [6.07, 6.45) is 2.49. The highest BCUT2D eigenvalue weighted by atomic mass is 15.3. The third-order valence-corrected chi connectivity index (χ3v) is 4.36. The quantitative estimate of drug-likeness (QED) is 0.818. The largest absolute Gasteiger partial charge is 0.385 e. The van der Waals surface area contributed by atoms with E-state index in [1.54, 1.807) is 0 Å². The van der Waals surface area contributed by atoms with Gasteiger partial charge in [-0.1, -0.05) is 6.07 Å². The first-order valence-corrected chi connectivity index (χ1v) is 7.06. The van der Waals surface area contributed by atoms with Crippen molar-refractivity contribution in [2.45, 2.75) is 25.8 Å². The maximum atomic E-state index is 3.52. The molecule has 1 saturated heterocycles. The first-order valence-electron chi connectivity index (χ1n) is 7.06. The Balaban J connectivity index is 1.80. The van der Waals surface area contributed by atoms with Gasteiger partial charge in [0, 0.05) is 43.6 Å². The third kappa shape index (κ3) is 2.19. The Morgan fingerprint density at radius 3 is 3.00 bits per heavy atom. The molecular weight excluding hydrogens is 222 g/mol. The zero-order valence-corrected chi connectivity index (χ0v) is 11.4. The van der Waals surface area contributed by atoms with E-state index in [1.807, 2.05) is 0 Å². The fourth-order valence-corrected chi connectivity index (χ4v) is 2.93. The number of likely N-dealkylation sites (N-methyl/N-ethyl adjacent to an activating group) is 1. The number of fused-ring (bicyclic) bond motifs is 1. The van der Waals surface area contributed by atoms with E-state index >= 15 is 0 Å². The van der Waals surface area contributed by atoms with Crippen LogP contribution in [0.3, 0.4) is 0 Å². The number of aryl methyl sites for hydroxylation is 1. The van der Waals surface area contributed by atoms with Crippen molar-refractivity contribution in [1.82, 2.24) is 4.90 Å². The van der Waals surface area contributed by atoms with E-state index in [9.17, 15) is 0 Å². The monoisotopic (exact) mass is 245 g/mol. The van der Waals surface area contributed by atoms with Crippen LogP contribution in [-0.2, 0) is 6.42 Å². The van der Waals surface area contributed by atoms with Crippen LogP contribution in [0.5, 0.6) is 0 Å². The van der Waals surface area contributed by atoms with Gasteiger partial charge in [0.15, 0.2) is 0 Å². The molecule has 3 rings (SSSR count). The Morgan fingerprint density at radius 1 is 1.28 bits per heavy atom. The fraction of sp³-hybridized carbons (Fsp3) is 0.600. The highest BCUT2D eigenvalue weighted by molar-refractivity contribution is 5.63. The van der Waals surface area contributed by atoms with E-state index < -0.39 is 0 Å². The Bertz CT molecular complexity index is 430. The van der Waals surface area contributed by atoms with E-state index in [2.05, 4.69) is 47.3 Å². The first-order chi connectivity index (χ1) is 8.74. The number of benzene rings is 1. The van der Waals surface area contributed by atoms with Crippen molar-refractivity contribution in [3.63, 3.8) is 0 Å². The lowest BCUT2D eigenvalue weighted by atomic mass is 10.0. The minimum absolute atomic E-state index is 0.641. The lowest BCUT2D eigenvalue weighted by Crippen LogP contribution is -2.50. The van der Waals surface area contributed by atoms with E-state index in [0.717, 1.165) is 26.2 Å². The normalized spacial score (nSPS) is 24.6. The molecule has 0 aliphatic carbocycles. The Hall–Kier alpha value is -1.22. The smallest absolute Gasteiger partial charge is 0.0393 e. The van der Waals surface area contributed by atoms with E-state index in [-0.39, 0.29) is 0 Å². The Labute approximate surface area is 110 Å². The number of nitrogens with one attached hydrogen (secondary N) is 1. The molecule has 1 unspecified atom stereocenters. The predicted molar refractivity (Wildman–Crippen MR) is 77.6 cm³/mol. The van der Waals surface area contributed by atoms with Crippen LogP contribution < -0.4 is 10.2 Å². The standard InChI is InChI=1S/C15H23N3/c1-12-11-18(9-8-17(12)2)14-6-5-13-4-3-7-16-15(13)10-14/h5-6,10,12,16H,3-4,7-9,11H2,1-2H3. The van der Waals surface area contributed by atoms with Gasteiger partial charge in [0.2, 0.25) is 0 Å². The topological polar surface area (TPSA) is 18.5 Å². The van der Waals surface area contributed by atoms with Gasteiger partial charge in [-0.2, -0.15) is 0 Å². The molecule has 2 heterocycles. The van der Waals surface area contributed by atoms with E-state index in [4.69, 9.17) is 0 Å². The second-order valence-corrected chi connectivity index (χ2v) is 5.65. The van der Waals surface area contributed by atoms with Crippen LogP contribution >= 0.6 is 0 Å². The number of nitrogens with zero attached hydrogens (tertiary/aromatic N) is 2. The molecule has 0 amide bonds. The molecule has 1 aromatic carbocycles. The van der Waals surface area contributed by atoms with E-state index in [1.165, 1.54) is 29.8 Å². The maximum Gasteiger partial charge on any atom is 0.0393 e. The van der Waals surface area contributed by atoms with Crippen molar-refractivity contribution in [1.29, 1.82) is 0 Å². The summed E-state index contributed by atoms with van der Waals surface area (Å²) in [5, 5.41) is 3.52. The highest BCUT2D eigenvalue weighted by Crippen LogP contribution is 2.28. The molecule has 18 heavy (non-hydrogen) atoms. The van der Waals surface area contributed by atoms with Gasteiger partial charge in [-0.05, 0) is 44.5 Å². The number of rotatable bonds is 1. The van der Waals surface area contributed by atoms with Gasteiger partial charge < -0.3 is 15.1 Å². The van der Waals surface area contributed by atoms with Crippen molar-refractivity contribution in [3.8, 4) is 0 Å². The molecule has 0 spiro atoms. The summed E-state index contributed by atoms with van der Waals surface area (Å²) in [6.45, 7) is 6.86. The second kappa shape index (κ2) is 4.81. The lowest BCUT2D eigenvalue weighted by molar-refractivity contribution is 0.234. The van der Waals surface area contributed by atoms with Crippen molar-refractivity contribution < 1.29 is 0 Å². The number of anilines is 2. The van der Waals surface area contributed by atoms with Crippen LogP contribution in [0.15, 0.2) is 18.2 Å². The van der Waals surface area contributed by atoms with Crippen LogP contribution in [0.2, 0.25) is 0 Å². The van der Waals surface area contributed by atoms with Gasteiger partial charge in [-0.15, -0.1) is 0 Å². The molecular formula is C15H23N3. The number of hydrogen-bond acceptors (Lipinski definition) is 3. The van der Waals surface area contributed by atoms with Crippen LogP contribution in [0.25, 0.3) is 0 Å². The van der Waals surface area contributed by atoms with Gasteiger partial charge in [0.25, 0.3) is 0 Å². The molecule has 0 radical (unpaired) electrons. The fourth-order valence-electron chi connectivity index (χ4n) is 2.93. The van der Waals surface area contributed by atoms with Crippen molar-refractivity contribution in [2.24, 2.45) is 0 Å². The van der Waals surface area contributed by atoms with Gasteiger partial charge in [0.05, 0.1) is 0 Å². The SMILES string of the molecule is CC1CN(c2ccc3c(c2)NCCC3)CCN1C. The average molecular weight is 245 g/mol. The van der Waals surface area contributed by atoms with Crippen molar-refractivity contribution >= 4 is 11.4 Å². The number of piperazine rings is 1. The summed E-state index contributed by atoms with van der Waals surface area (Å²) in [7, 11) is 2.22. The maximum absolute atomic E-state index is 3.52. The van der Waals surface area contributed by atoms with Gasteiger partial charge in [0.1, 0.15) is 0 Å². The van der Waals surface area contributed by atoms with Crippen LogP contribution in [0, 0.1) is 0 Å². The average Bonchev–Trinajstić information content (AvgIpc) is 2.41. The number of hydrogen-bond donors (Lipinski definition) is 1. The molecule has 98 valence electrons. The molecule has 1 fully saturated rings.